The van der Waals surface area contributed by atoms with E-state index in [9.17, 15) is 16.8 Å². The van der Waals surface area contributed by atoms with Gasteiger partial charge in [0, 0.05) is 12.1 Å². The van der Waals surface area contributed by atoms with E-state index >= 15 is 0 Å². The van der Waals surface area contributed by atoms with Crippen molar-refractivity contribution in [3.63, 3.8) is 0 Å². The van der Waals surface area contributed by atoms with Crippen molar-refractivity contribution in [2.45, 2.75) is 53.8 Å². The molecule has 1 aliphatic heterocycles. The van der Waals surface area contributed by atoms with Crippen LogP contribution in [0.4, 0.5) is 0 Å². The van der Waals surface area contributed by atoms with E-state index in [2.05, 4.69) is 23.1 Å². The Morgan fingerprint density at radius 2 is 1.77 bits per heavy atom. The van der Waals surface area contributed by atoms with Crippen molar-refractivity contribution >= 4 is 19.9 Å². The Labute approximate surface area is 186 Å². The number of benzene rings is 2. The van der Waals surface area contributed by atoms with Gasteiger partial charge in [-0.15, -0.1) is 6.58 Å². The van der Waals surface area contributed by atoms with Crippen molar-refractivity contribution in [2.75, 3.05) is 13.6 Å². The molecule has 0 spiro atoms. The Morgan fingerprint density at radius 1 is 1.10 bits per heavy atom. The summed E-state index contributed by atoms with van der Waals surface area (Å²) in [5.74, 6) is 0. The van der Waals surface area contributed by atoms with Crippen LogP contribution >= 0.6 is 0 Å². The van der Waals surface area contributed by atoms with Crippen LogP contribution in [0.15, 0.2) is 71.0 Å². The Hall–Kier alpha value is -2.00. The first-order chi connectivity index (χ1) is 14.6. The smallest absolute Gasteiger partial charge is 0.222 e. The van der Waals surface area contributed by atoms with Gasteiger partial charge in [0.2, 0.25) is 19.9 Å². The largest absolute Gasteiger partial charge is 0.304 e. The van der Waals surface area contributed by atoms with Crippen molar-refractivity contribution < 1.29 is 16.8 Å². The summed E-state index contributed by atoms with van der Waals surface area (Å²) in [5, 5.41) is -1.05. The van der Waals surface area contributed by atoms with E-state index in [0.29, 0.717) is 11.1 Å². The standard InChI is InChI=1S/C23H30N2O4S2/c1-5-23(31(28,29)24-19-13-14-25(4)18(3)15-19)22-16-21(12-11-17(22)2)30(26,27)20-9-7-6-8-10-20/h5-12,16,18-19,23-24H,1,13-15H2,2-4H3. The second-order valence-corrected chi connectivity index (χ2v) is 12.0. The molecule has 1 aliphatic rings. The topological polar surface area (TPSA) is 83.5 Å². The highest BCUT2D eigenvalue weighted by Gasteiger charge is 2.32. The minimum absolute atomic E-state index is 0.0641. The van der Waals surface area contributed by atoms with Crippen LogP contribution in [0.25, 0.3) is 0 Å². The maximum absolute atomic E-state index is 13.3. The van der Waals surface area contributed by atoms with Gasteiger partial charge in [-0.3, -0.25) is 0 Å². The normalized spacial score (nSPS) is 21.5. The van der Waals surface area contributed by atoms with Crippen LogP contribution in [-0.4, -0.2) is 47.4 Å². The molecule has 0 aromatic heterocycles. The van der Waals surface area contributed by atoms with E-state index in [1.807, 2.05) is 7.05 Å². The molecule has 168 valence electrons. The highest BCUT2D eigenvalue weighted by atomic mass is 32.2. The fourth-order valence-corrected chi connectivity index (χ4v) is 6.93. The van der Waals surface area contributed by atoms with E-state index in [1.54, 1.807) is 31.2 Å². The number of piperidine rings is 1. The van der Waals surface area contributed by atoms with E-state index in [-0.39, 0.29) is 21.9 Å². The monoisotopic (exact) mass is 462 g/mol. The summed E-state index contributed by atoms with van der Waals surface area (Å²) < 4.78 is 55.4. The van der Waals surface area contributed by atoms with Gasteiger partial charge >= 0.3 is 0 Å². The Bertz CT molecular complexity index is 1150. The lowest BCUT2D eigenvalue weighted by molar-refractivity contribution is 0.178. The zero-order valence-corrected chi connectivity index (χ0v) is 19.8. The molecule has 2 aromatic rings. The summed E-state index contributed by atoms with van der Waals surface area (Å²) in [6.07, 6.45) is 2.81. The van der Waals surface area contributed by atoms with Crippen LogP contribution < -0.4 is 4.72 Å². The molecule has 1 saturated heterocycles. The molecule has 0 bridgehead atoms. The first-order valence-electron chi connectivity index (χ1n) is 10.3. The summed E-state index contributed by atoms with van der Waals surface area (Å²) in [5.41, 5.74) is 1.11. The van der Waals surface area contributed by atoms with Gasteiger partial charge in [-0.2, -0.15) is 0 Å². The van der Waals surface area contributed by atoms with Crippen molar-refractivity contribution in [3.05, 3.63) is 72.3 Å². The van der Waals surface area contributed by atoms with Crippen LogP contribution in [0.1, 0.15) is 36.1 Å². The maximum Gasteiger partial charge on any atom is 0.222 e. The number of sulfonamides is 1. The molecule has 31 heavy (non-hydrogen) atoms. The van der Waals surface area contributed by atoms with Crippen molar-refractivity contribution in [1.82, 2.24) is 9.62 Å². The molecule has 1 N–H and O–H groups in total. The molecular formula is C23H30N2O4S2. The third-order valence-corrected chi connectivity index (χ3v) is 9.55. The number of likely N-dealkylation sites (tertiary alicyclic amines) is 1. The van der Waals surface area contributed by atoms with Crippen LogP contribution in [0.2, 0.25) is 0 Å². The lowest BCUT2D eigenvalue weighted by Gasteiger charge is -2.35. The predicted molar refractivity (Wildman–Crippen MR) is 123 cm³/mol. The quantitative estimate of drug-likeness (QED) is 0.637. The molecule has 8 heteroatoms. The van der Waals surface area contributed by atoms with Gasteiger partial charge in [-0.1, -0.05) is 30.3 Å². The van der Waals surface area contributed by atoms with Crippen molar-refractivity contribution in [2.24, 2.45) is 0 Å². The number of nitrogens with one attached hydrogen (secondary N) is 1. The third kappa shape index (κ3) is 5.09. The van der Waals surface area contributed by atoms with Crippen LogP contribution in [0.5, 0.6) is 0 Å². The van der Waals surface area contributed by atoms with E-state index in [4.69, 9.17) is 0 Å². The van der Waals surface area contributed by atoms with E-state index < -0.39 is 25.1 Å². The summed E-state index contributed by atoms with van der Waals surface area (Å²) in [6, 6.07) is 12.9. The molecule has 3 unspecified atom stereocenters. The van der Waals surface area contributed by atoms with Crippen molar-refractivity contribution in [1.29, 1.82) is 0 Å². The number of sulfone groups is 1. The maximum atomic E-state index is 13.3. The first-order valence-corrected chi connectivity index (χ1v) is 13.3. The molecule has 0 saturated carbocycles. The first kappa shape index (κ1) is 23.7. The third-order valence-electron chi connectivity index (χ3n) is 6.01. The molecule has 2 aromatic carbocycles. The van der Waals surface area contributed by atoms with Gasteiger partial charge in [-0.25, -0.2) is 21.6 Å². The van der Waals surface area contributed by atoms with E-state index in [0.717, 1.165) is 19.4 Å². The SMILES string of the molecule is C=CC(c1cc(S(=O)(=O)c2ccccc2)ccc1C)S(=O)(=O)NC1CCN(C)C(C)C1. The molecular weight excluding hydrogens is 432 g/mol. The number of aryl methyl sites for hydroxylation is 1. The Morgan fingerprint density at radius 3 is 2.39 bits per heavy atom. The summed E-state index contributed by atoms with van der Waals surface area (Å²) >= 11 is 0. The molecule has 3 atom stereocenters. The molecule has 0 amide bonds. The average molecular weight is 463 g/mol. The fraction of sp³-hybridized carbons (Fsp3) is 0.391. The van der Waals surface area contributed by atoms with Crippen LogP contribution in [-0.2, 0) is 19.9 Å². The average Bonchev–Trinajstić information content (AvgIpc) is 2.72. The minimum atomic E-state index is -3.80. The summed E-state index contributed by atoms with van der Waals surface area (Å²) in [7, 11) is -5.53. The highest BCUT2D eigenvalue weighted by molar-refractivity contribution is 7.91. The molecule has 1 heterocycles. The number of hydrogen-bond acceptors (Lipinski definition) is 5. The number of hydrogen-bond donors (Lipinski definition) is 1. The predicted octanol–water partition coefficient (Wildman–Crippen LogP) is 3.46. The summed E-state index contributed by atoms with van der Waals surface area (Å²) in [6.45, 7) is 8.41. The van der Waals surface area contributed by atoms with Gasteiger partial charge < -0.3 is 4.90 Å². The van der Waals surface area contributed by atoms with Crippen molar-refractivity contribution in [3.8, 4) is 0 Å². The van der Waals surface area contributed by atoms with E-state index in [1.165, 1.54) is 30.3 Å². The zero-order valence-electron chi connectivity index (χ0n) is 18.2. The number of nitrogens with zero attached hydrogens (tertiary/aromatic N) is 1. The van der Waals surface area contributed by atoms with Gasteiger partial charge in [-0.05, 0) is 75.7 Å². The van der Waals surface area contributed by atoms with Crippen LogP contribution in [0.3, 0.4) is 0 Å². The van der Waals surface area contributed by atoms with Gasteiger partial charge in [0.1, 0.15) is 5.25 Å². The fourth-order valence-electron chi connectivity index (χ4n) is 3.95. The second kappa shape index (κ2) is 9.24. The van der Waals surface area contributed by atoms with Gasteiger partial charge in [0.05, 0.1) is 9.79 Å². The molecule has 0 radical (unpaired) electrons. The highest BCUT2D eigenvalue weighted by Crippen LogP contribution is 2.31. The van der Waals surface area contributed by atoms with Gasteiger partial charge in [0.25, 0.3) is 0 Å². The van der Waals surface area contributed by atoms with Crippen LogP contribution in [0, 0.1) is 6.92 Å². The minimum Gasteiger partial charge on any atom is -0.304 e. The second-order valence-electron chi connectivity index (χ2n) is 8.20. The lowest BCUT2D eigenvalue weighted by Crippen LogP contribution is -2.48. The molecule has 1 fully saturated rings. The number of rotatable bonds is 7. The lowest BCUT2D eigenvalue weighted by atomic mass is 10.0. The molecule has 0 aliphatic carbocycles. The van der Waals surface area contributed by atoms with Gasteiger partial charge in [0.15, 0.2) is 0 Å². The zero-order chi connectivity index (χ0) is 22.8. The molecule has 6 nitrogen and oxygen atoms in total. The summed E-state index contributed by atoms with van der Waals surface area (Å²) in [4.78, 5) is 2.44. The molecule has 3 rings (SSSR count). The Balaban J connectivity index is 1.94. The Kier molecular flexibility index (Phi) is 7.05.